The topological polar surface area (TPSA) is 46.9 Å². The Morgan fingerprint density at radius 2 is 2.12 bits per heavy atom. The summed E-state index contributed by atoms with van der Waals surface area (Å²) in [6, 6.07) is 0.262. The average Bonchev–Trinajstić information content (AvgIpc) is 2.33. The first-order valence-corrected chi connectivity index (χ1v) is 6.42. The predicted molar refractivity (Wildman–Crippen MR) is 71.3 cm³/mol. The van der Waals surface area contributed by atoms with Crippen molar-refractivity contribution >= 4 is 5.82 Å². The third kappa shape index (κ3) is 3.58. The summed E-state index contributed by atoms with van der Waals surface area (Å²) in [6.07, 6.45) is 5.46. The van der Waals surface area contributed by atoms with Gasteiger partial charge in [-0.1, -0.05) is 27.2 Å². The molecular formula is C13H23N3O. The fourth-order valence-corrected chi connectivity index (χ4v) is 1.67. The Morgan fingerprint density at radius 1 is 1.41 bits per heavy atom. The minimum atomic E-state index is -0.0236. The molecule has 1 N–H and O–H groups in total. The van der Waals surface area contributed by atoms with Crippen molar-refractivity contribution < 1.29 is 0 Å². The van der Waals surface area contributed by atoms with Gasteiger partial charge in [-0.15, -0.1) is 0 Å². The van der Waals surface area contributed by atoms with E-state index in [1.807, 2.05) is 0 Å². The fraction of sp³-hybridized carbons (Fsp3) is 0.692. The summed E-state index contributed by atoms with van der Waals surface area (Å²) < 4.78 is 1.71. The largest absolute Gasteiger partial charge is 0.363 e. The van der Waals surface area contributed by atoms with Gasteiger partial charge < -0.3 is 9.88 Å². The lowest BCUT2D eigenvalue weighted by Crippen LogP contribution is -2.30. The highest BCUT2D eigenvalue weighted by atomic mass is 16.1. The molecule has 4 heteroatoms. The van der Waals surface area contributed by atoms with Crippen molar-refractivity contribution in [1.82, 2.24) is 9.55 Å². The predicted octanol–water partition coefficient (Wildman–Crippen LogP) is 2.50. The maximum Gasteiger partial charge on any atom is 0.293 e. The SMILES string of the molecule is CCCn1ccnc(NC(C)C(C)CC)c1=O. The van der Waals surface area contributed by atoms with Crippen LogP contribution >= 0.6 is 0 Å². The number of aromatic nitrogens is 2. The van der Waals surface area contributed by atoms with Crippen molar-refractivity contribution in [2.75, 3.05) is 5.32 Å². The molecule has 0 aliphatic heterocycles. The number of aryl methyl sites for hydroxylation is 1. The van der Waals surface area contributed by atoms with Crippen LogP contribution in [-0.4, -0.2) is 15.6 Å². The van der Waals surface area contributed by atoms with Crippen molar-refractivity contribution in [2.24, 2.45) is 5.92 Å². The zero-order chi connectivity index (χ0) is 12.8. The summed E-state index contributed by atoms with van der Waals surface area (Å²) in [7, 11) is 0. The van der Waals surface area contributed by atoms with Gasteiger partial charge in [0.05, 0.1) is 0 Å². The second-order valence-electron chi connectivity index (χ2n) is 4.59. The molecule has 4 nitrogen and oxygen atoms in total. The first kappa shape index (κ1) is 13.7. The average molecular weight is 237 g/mol. The Kier molecular flexibility index (Phi) is 5.19. The monoisotopic (exact) mass is 237 g/mol. The highest BCUT2D eigenvalue weighted by Crippen LogP contribution is 2.10. The van der Waals surface area contributed by atoms with Crippen molar-refractivity contribution in [3.63, 3.8) is 0 Å². The third-order valence-corrected chi connectivity index (χ3v) is 3.24. The van der Waals surface area contributed by atoms with Crippen LogP contribution in [0.3, 0.4) is 0 Å². The molecule has 0 bridgehead atoms. The molecule has 0 aliphatic rings. The quantitative estimate of drug-likeness (QED) is 0.827. The van der Waals surface area contributed by atoms with Gasteiger partial charge in [0, 0.05) is 25.0 Å². The van der Waals surface area contributed by atoms with E-state index in [2.05, 4.69) is 38.0 Å². The Morgan fingerprint density at radius 3 is 2.71 bits per heavy atom. The van der Waals surface area contributed by atoms with Crippen LogP contribution < -0.4 is 10.9 Å². The van der Waals surface area contributed by atoms with E-state index < -0.39 is 0 Å². The lowest BCUT2D eigenvalue weighted by atomic mass is 10.0. The molecule has 0 aromatic carbocycles. The maximum atomic E-state index is 12.0. The van der Waals surface area contributed by atoms with Crippen LogP contribution in [0.15, 0.2) is 17.2 Å². The number of rotatable bonds is 6. The second-order valence-corrected chi connectivity index (χ2v) is 4.59. The standard InChI is InChI=1S/C13H23N3O/c1-5-8-16-9-7-14-12(13(16)17)15-11(4)10(3)6-2/h7,9-11H,5-6,8H2,1-4H3,(H,14,15). The number of anilines is 1. The summed E-state index contributed by atoms with van der Waals surface area (Å²) in [6.45, 7) is 9.21. The molecule has 0 aliphatic carbocycles. The molecule has 0 fully saturated rings. The van der Waals surface area contributed by atoms with Gasteiger partial charge in [0.15, 0.2) is 5.82 Å². The summed E-state index contributed by atoms with van der Waals surface area (Å²) in [4.78, 5) is 16.2. The van der Waals surface area contributed by atoms with Gasteiger partial charge in [-0.2, -0.15) is 0 Å². The van der Waals surface area contributed by atoms with E-state index in [0.717, 1.165) is 19.4 Å². The summed E-state index contributed by atoms with van der Waals surface area (Å²) >= 11 is 0. The van der Waals surface area contributed by atoms with Crippen LogP contribution in [0.4, 0.5) is 5.82 Å². The van der Waals surface area contributed by atoms with Crippen LogP contribution in [0, 0.1) is 5.92 Å². The van der Waals surface area contributed by atoms with Crippen molar-refractivity contribution in [3.8, 4) is 0 Å². The smallest absolute Gasteiger partial charge is 0.293 e. The fourth-order valence-electron chi connectivity index (χ4n) is 1.67. The normalized spacial score (nSPS) is 14.4. The molecule has 2 atom stereocenters. The molecule has 0 radical (unpaired) electrons. The molecule has 1 rings (SSSR count). The molecule has 17 heavy (non-hydrogen) atoms. The minimum Gasteiger partial charge on any atom is -0.363 e. The van der Waals surface area contributed by atoms with Gasteiger partial charge in [-0.3, -0.25) is 4.79 Å². The maximum absolute atomic E-state index is 12.0. The molecule has 96 valence electrons. The van der Waals surface area contributed by atoms with Crippen LogP contribution in [-0.2, 0) is 6.54 Å². The first-order chi connectivity index (χ1) is 8.10. The van der Waals surface area contributed by atoms with E-state index in [1.54, 1.807) is 17.0 Å². The van der Waals surface area contributed by atoms with E-state index in [9.17, 15) is 4.79 Å². The summed E-state index contributed by atoms with van der Waals surface area (Å²) in [5.41, 5.74) is -0.0236. The Bertz CT molecular complexity index is 400. The first-order valence-electron chi connectivity index (χ1n) is 6.42. The van der Waals surface area contributed by atoms with Gasteiger partial charge in [0.2, 0.25) is 0 Å². The summed E-state index contributed by atoms with van der Waals surface area (Å²) in [5, 5.41) is 3.22. The molecule has 2 unspecified atom stereocenters. The Labute approximate surface area is 103 Å². The van der Waals surface area contributed by atoms with Gasteiger partial charge in [-0.25, -0.2) is 4.98 Å². The lowest BCUT2D eigenvalue weighted by molar-refractivity contribution is 0.492. The number of hydrogen-bond acceptors (Lipinski definition) is 3. The van der Waals surface area contributed by atoms with E-state index in [1.165, 1.54) is 0 Å². The van der Waals surface area contributed by atoms with E-state index in [0.29, 0.717) is 11.7 Å². The second kappa shape index (κ2) is 6.42. The zero-order valence-electron chi connectivity index (χ0n) is 11.2. The van der Waals surface area contributed by atoms with Crippen LogP contribution in [0.25, 0.3) is 0 Å². The molecule has 1 aromatic heterocycles. The minimum absolute atomic E-state index is 0.0236. The van der Waals surface area contributed by atoms with Gasteiger partial charge in [0.25, 0.3) is 5.56 Å². The van der Waals surface area contributed by atoms with Gasteiger partial charge in [0.1, 0.15) is 0 Å². The van der Waals surface area contributed by atoms with Crippen molar-refractivity contribution in [3.05, 3.63) is 22.7 Å². The number of nitrogens with zero attached hydrogens (tertiary/aromatic N) is 2. The summed E-state index contributed by atoms with van der Waals surface area (Å²) in [5.74, 6) is 0.991. The molecule has 1 aromatic rings. The van der Waals surface area contributed by atoms with E-state index in [-0.39, 0.29) is 11.6 Å². The highest BCUT2D eigenvalue weighted by Gasteiger charge is 2.12. The number of hydrogen-bond donors (Lipinski definition) is 1. The van der Waals surface area contributed by atoms with Gasteiger partial charge in [-0.05, 0) is 19.3 Å². The van der Waals surface area contributed by atoms with Crippen molar-refractivity contribution in [1.29, 1.82) is 0 Å². The number of nitrogens with one attached hydrogen (secondary N) is 1. The van der Waals surface area contributed by atoms with Crippen LogP contribution in [0.2, 0.25) is 0 Å². The molecule has 1 heterocycles. The highest BCUT2D eigenvalue weighted by molar-refractivity contribution is 5.32. The molecule has 0 amide bonds. The van der Waals surface area contributed by atoms with Crippen LogP contribution in [0.5, 0.6) is 0 Å². The molecule has 0 spiro atoms. The molecule has 0 saturated heterocycles. The Hall–Kier alpha value is -1.32. The zero-order valence-corrected chi connectivity index (χ0v) is 11.2. The third-order valence-electron chi connectivity index (χ3n) is 3.24. The van der Waals surface area contributed by atoms with Gasteiger partial charge >= 0.3 is 0 Å². The lowest BCUT2D eigenvalue weighted by Gasteiger charge is -2.20. The van der Waals surface area contributed by atoms with E-state index in [4.69, 9.17) is 0 Å². The van der Waals surface area contributed by atoms with Crippen molar-refractivity contribution in [2.45, 2.75) is 53.1 Å². The molecule has 0 saturated carbocycles. The Balaban J connectivity index is 2.85. The van der Waals surface area contributed by atoms with E-state index >= 15 is 0 Å². The molecular weight excluding hydrogens is 214 g/mol. The van der Waals surface area contributed by atoms with Crippen LogP contribution in [0.1, 0.15) is 40.5 Å².